The lowest BCUT2D eigenvalue weighted by Gasteiger charge is -2.30. The van der Waals surface area contributed by atoms with Crippen molar-refractivity contribution < 1.29 is 4.74 Å². The van der Waals surface area contributed by atoms with E-state index in [2.05, 4.69) is 49.2 Å². The van der Waals surface area contributed by atoms with Crippen LogP contribution < -0.4 is 10.1 Å². The van der Waals surface area contributed by atoms with Gasteiger partial charge in [0.2, 0.25) is 0 Å². The lowest BCUT2D eigenvalue weighted by molar-refractivity contribution is 0.191. The minimum Gasteiger partial charge on any atom is -0.496 e. The first kappa shape index (κ1) is 16.3. The van der Waals surface area contributed by atoms with Crippen LogP contribution in [0.5, 0.6) is 5.75 Å². The van der Waals surface area contributed by atoms with E-state index in [0.29, 0.717) is 6.04 Å². The van der Waals surface area contributed by atoms with E-state index in [1.165, 1.54) is 37.1 Å². The Balaban J connectivity index is 1.81. The first-order valence-electron chi connectivity index (χ1n) is 8.20. The van der Waals surface area contributed by atoms with Crippen molar-refractivity contribution in [3.63, 3.8) is 0 Å². The average Bonchev–Trinajstić information content (AvgIpc) is 2.49. The van der Waals surface area contributed by atoms with E-state index in [-0.39, 0.29) is 0 Å². The summed E-state index contributed by atoms with van der Waals surface area (Å²) in [5, 5.41) is 3.64. The summed E-state index contributed by atoms with van der Waals surface area (Å²) in [6.45, 7) is 11.4. The van der Waals surface area contributed by atoms with Crippen molar-refractivity contribution in [1.82, 2.24) is 10.2 Å². The quantitative estimate of drug-likeness (QED) is 0.869. The summed E-state index contributed by atoms with van der Waals surface area (Å²) < 4.78 is 5.48. The van der Waals surface area contributed by atoms with Crippen LogP contribution in [0.3, 0.4) is 0 Å². The molecule has 1 aliphatic heterocycles. The number of benzene rings is 1. The standard InChI is InChI=1S/C18H30N2O/c1-14-7-10-20(11-8-14)12-9-19-16(3)17-13-15(2)5-6-18(17)21-4/h5-6,13-14,16,19H,7-12H2,1-4H3. The molecule has 1 fully saturated rings. The highest BCUT2D eigenvalue weighted by Gasteiger charge is 2.16. The Kier molecular flexibility index (Phi) is 6.07. The zero-order chi connectivity index (χ0) is 15.2. The SMILES string of the molecule is COc1ccc(C)cc1C(C)NCCN1CCC(C)CC1. The molecule has 21 heavy (non-hydrogen) atoms. The van der Waals surface area contributed by atoms with Crippen molar-refractivity contribution in [1.29, 1.82) is 0 Å². The number of methoxy groups -OCH3 is 1. The Bertz CT molecular complexity index is 439. The Labute approximate surface area is 129 Å². The van der Waals surface area contributed by atoms with E-state index >= 15 is 0 Å². The van der Waals surface area contributed by atoms with Gasteiger partial charge < -0.3 is 15.0 Å². The molecule has 0 amide bonds. The molecule has 0 spiro atoms. The molecular formula is C18H30N2O. The van der Waals surface area contributed by atoms with Gasteiger partial charge >= 0.3 is 0 Å². The van der Waals surface area contributed by atoms with Gasteiger partial charge in [-0.1, -0.05) is 24.6 Å². The number of hydrogen-bond donors (Lipinski definition) is 1. The molecular weight excluding hydrogens is 260 g/mol. The number of likely N-dealkylation sites (tertiary alicyclic amines) is 1. The maximum Gasteiger partial charge on any atom is 0.123 e. The first-order chi connectivity index (χ1) is 10.1. The minimum atomic E-state index is 0.323. The summed E-state index contributed by atoms with van der Waals surface area (Å²) in [6, 6.07) is 6.71. The number of piperidine rings is 1. The lowest BCUT2D eigenvalue weighted by atomic mass is 9.99. The van der Waals surface area contributed by atoms with E-state index in [4.69, 9.17) is 4.74 Å². The third-order valence-corrected chi connectivity index (χ3v) is 4.61. The molecule has 1 atom stereocenters. The molecule has 3 nitrogen and oxygen atoms in total. The highest BCUT2D eigenvalue weighted by atomic mass is 16.5. The smallest absolute Gasteiger partial charge is 0.123 e. The third kappa shape index (κ3) is 4.72. The second-order valence-electron chi connectivity index (χ2n) is 6.45. The fraction of sp³-hybridized carbons (Fsp3) is 0.667. The van der Waals surface area contributed by atoms with Crippen molar-refractivity contribution in [2.75, 3.05) is 33.3 Å². The van der Waals surface area contributed by atoms with Crippen LogP contribution in [0.15, 0.2) is 18.2 Å². The molecule has 1 heterocycles. The van der Waals surface area contributed by atoms with Crippen LogP contribution in [-0.4, -0.2) is 38.2 Å². The molecule has 1 N–H and O–H groups in total. The van der Waals surface area contributed by atoms with Gasteiger partial charge in [0.15, 0.2) is 0 Å². The van der Waals surface area contributed by atoms with Gasteiger partial charge in [-0.3, -0.25) is 0 Å². The molecule has 1 aromatic rings. The summed E-state index contributed by atoms with van der Waals surface area (Å²) in [6.07, 6.45) is 2.70. The van der Waals surface area contributed by atoms with Crippen LogP contribution in [0.4, 0.5) is 0 Å². The zero-order valence-electron chi connectivity index (χ0n) is 14.0. The number of hydrogen-bond acceptors (Lipinski definition) is 3. The summed E-state index contributed by atoms with van der Waals surface area (Å²) in [5.41, 5.74) is 2.54. The minimum absolute atomic E-state index is 0.323. The van der Waals surface area contributed by atoms with Crippen LogP contribution in [0.25, 0.3) is 0 Å². The molecule has 0 aliphatic carbocycles. The Morgan fingerprint density at radius 1 is 1.33 bits per heavy atom. The van der Waals surface area contributed by atoms with Gasteiger partial charge in [0, 0.05) is 24.7 Å². The van der Waals surface area contributed by atoms with Crippen LogP contribution >= 0.6 is 0 Å². The maximum absolute atomic E-state index is 5.48. The number of rotatable bonds is 6. The first-order valence-corrected chi connectivity index (χ1v) is 8.20. The lowest BCUT2D eigenvalue weighted by Crippen LogP contribution is -2.38. The molecule has 1 aliphatic rings. The van der Waals surface area contributed by atoms with Crippen molar-refractivity contribution in [3.8, 4) is 5.75 Å². The Morgan fingerprint density at radius 3 is 2.71 bits per heavy atom. The zero-order valence-corrected chi connectivity index (χ0v) is 14.0. The third-order valence-electron chi connectivity index (χ3n) is 4.61. The van der Waals surface area contributed by atoms with E-state index in [0.717, 1.165) is 24.8 Å². The topological polar surface area (TPSA) is 24.5 Å². The van der Waals surface area contributed by atoms with E-state index in [1.807, 2.05) is 0 Å². The molecule has 0 bridgehead atoms. The van der Waals surface area contributed by atoms with Gasteiger partial charge in [0.25, 0.3) is 0 Å². The van der Waals surface area contributed by atoms with Crippen LogP contribution in [0, 0.1) is 12.8 Å². The molecule has 0 saturated carbocycles. The summed E-state index contributed by atoms with van der Waals surface area (Å²) >= 11 is 0. The van der Waals surface area contributed by atoms with Crippen LogP contribution in [-0.2, 0) is 0 Å². The van der Waals surface area contributed by atoms with Gasteiger partial charge in [-0.25, -0.2) is 0 Å². The fourth-order valence-electron chi connectivity index (χ4n) is 3.03. The monoisotopic (exact) mass is 290 g/mol. The second-order valence-corrected chi connectivity index (χ2v) is 6.45. The van der Waals surface area contributed by atoms with E-state index in [9.17, 15) is 0 Å². The van der Waals surface area contributed by atoms with E-state index < -0.39 is 0 Å². The van der Waals surface area contributed by atoms with Crippen molar-refractivity contribution >= 4 is 0 Å². The Hall–Kier alpha value is -1.06. The number of ether oxygens (including phenoxy) is 1. The van der Waals surface area contributed by atoms with Gasteiger partial charge in [0.1, 0.15) is 5.75 Å². The molecule has 2 rings (SSSR count). The van der Waals surface area contributed by atoms with Gasteiger partial charge in [-0.05, 0) is 51.8 Å². The predicted octanol–water partition coefficient (Wildman–Crippen LogP) is 3.39. The normalized spacial score (nSPS) is 18.7. The fourth-order valence-corrected chi connectivity index (χ4v) is 3.03. The maximum atomic E-state index is 5.48. The molecule has 3 heteroatoms. The highest BCUT2D eigenvalue weighted by Crippen LogP contribution is 2.26. The van der Waals surface area contributed by atoms with Crippen molar-refractivity contribution in [3.05, 3.63) is 29.3 Å². The molecule has 1 saturated heterocycles. The van der Waals surface area contributed by atoms with E-state index in [1.54, 1.807) is 7.11 Å². The molecule has 1 aromatic carbocycles. The Morgan fingerprint density at radius 2 is 2.05 bits per heavy atom. The van der Waals surface area contributed by atoms with Gasteiger partial charge in [-0.2, -0.15) is 0 Å². The van der Waals surface area contributed by atoms with Crippen molar-refractivity contribution in [2.45, 2.75) is 39.7 Å². The van der Waals surface area contributed by atoms with Gasteiger partial charge in [-0.15, -0.1) is 0 Å². The highest BCUT2D eigenvalue weighted by molar-refractivity contribution is 5.38. The van der Waals surface area contributed by atoms with Gasteiger partial charge in [0.05, 0.1) is 7.11 Å². The summed E-state index contributed by atoms with van der Waals surface area (Å²) in [5.74, 6) is 1.89. The van der Waals surface area contributed by atoms with Crippen LogP contribution in [0.1, 0.15) is 43.9 Å². The molecule has 0 aromatic heterocycles. The average molecular weight is 290 g/mol. The number of nitrogens with zero attached hydrogens (tertiary/aromatic N) is 1. The van der Waals surface area contributed by atoms with Crippen LogP contribution in [0.2, 0.25) is 0 Å². The largest absolute Gasteiger partial charge is 0.496 e. The molecule has 1 unspecified atom stereocenters. The molecule has 118 valence electrons. The number of aryl methyl sites for hydroxylation is 1. The second kappa shape index (κ2) is 7.81. The number of nitrogens with one attached hydrogen (secondary N) is 1. The molecule has 0 radical (unpaired) electrons. The summed E-state index contributed by atoms with van der Waals surface area (Å²) in [4.78, 5) is 2.58. The van der Waals surface area contributed by atoms with Crippen molar-refractivity contribution in [2.24, 2.45) is 5.92 Å². The summed E-state index contributed by atoms with van der Waals surface area (Å²) in [7, 11) is 1.75. The predicted molar refractivity (Wildman–Crippen MR) is 89.0 cm³/mol.